The van der Waals surface area contributed by atoms with Gasteiger partial charge in [0.2, 0.25) is 5.91 Å². The van der Waals surface area contributed by atoms with E-state index in [1.165, 1.54) is 12.1 Å². The molecule has 1 unspecified atom stereocenters. The number of rotatable bonds is 6. The summed E-state index contributed by atoms with van der Waals surface area (Å²) in [5, 5.41) is 2.55. The van der Waals surface area contributed by atoms with Crippen molar-refractivity contribution in [2.24, 2.45) is 5.73 Å². The molecule has 20 heavy (non-hydrogen) atoms. The van der Waals surface area contributed by atoms with E-state index >= 15 is 0 Å². The lowest BCUT2D eigenvalue weighted by molar-refractivity contribution is -0.122. The molecule has 0 aliphatic rings. The van der Waals surface area contributed by atoms with Crippen molar-refractivity contribution in [3.63, 3.8) is 0 Å². The fourth-order valence-electron chi connectivity index (χ4n) is 1.46. The molecule has 1 rings (SSSR count). The van der Waals surface area contributed by atoms with Crippen molar-refractivity contribution in [3.05, 3.63) is 34.1 Å². The van der Waals surface area contributed by atoms with Crippen molar-refractivity contribution < 1.29 is 17.6 Å². The molecular weight excluding hydrogens is 351 g/mol. The highest BCUT2D eigenvalue weighted by molar-refractivity contribution is 9.10. The molecule has 8 heteroatoms. The Bertz CT molecular complexity index is 592. The van der Waals surface area contributed by atoms with E-state index in [-0.39, 0.29) is 18.7 Å². The van der Waals surface area contributed by atoms with Crippen LogP contribution in [-0.4, -0.2) is 32.4 Å². The minimum atomic E-state index is -3.15. The van der Waals surface area contributed by atoms with Gasteiger partial charge in [-0.05, 0) is 30.2 Å². The van der Waals surface area contributed by atoms with E-state index in [9.17, 15) is 17.6 Å². The van der Waals surface area contributed by atoms with E-state index in [0.29, 0.717) is 10.0 Å². The summed E-state index contributed by atoms with van der Waals surface area (Å²) in [7, 11) is -3.15. The van der Waals surface area contributed by atoms with Gasteiger partial charge in [-0.15, -0.1) is 0 Å². The summed E-state index contributed by atoms with van der Waals surface area (Å²) in [6.45, 7) is 0.115. The molecule has 0 fully saturated rings. The summed E-state index contributed by atoms with van der Waals surface area (Å²) in [5.74, 6) is -1.02. The van der Waals surface area contributed by atoms with Crippen LogP contribution in [0.4, 0.5) is 4.39 Å². The molecule has 0 aromatic heterocycles. The van der Waals surface area contributed by atoms with Crippen LogP contribution in [0.1, 0.15) is 12.0 Å². The van der Waals surface area contributed by atoms with E-state index < -0.39 is 27.6 Å². The largest absolute Gasteiger partial charge is 0.351 e. The SMILES string of the molecule is CS(=O)(=O)CCC(N)C(=O)NCc1cc(F)ccc1Br. The first-order valence-electron chi connectivity index (χ1n) is 5.84. The number of carbonyl (C=O) groups is 1. The summed E-state index contributed by atoms with van der Waals surface area (Å²) >= 11 is 3.25. The maximum Gasteiger partial charge on any atom is 0.237 e. The predicted molar refractivity (Wildman–Crippen MR) is 78.2 cm³/mol. The van der Waals surface area contributed by atoms with Gasteiger partial charge in [0, 0.05) is 17.3 Å². The van der Waals surface area contributed by atoms with Crippen LogP contribution in [0, 0.1) is 5.82 Å². The van der Waals surface area contributed by atoms with Crippen LogP contribution < -0.4 is 11.1 Å². The molecule has 1 atom stereocenters. The third kappa shape index (κ3) is 5.98. The Morgan fingerprint density at radius 2 is 2.15 bits per heavy atom. The van der Waals surface area contributed by atoms with Gasteiger partial charge in [-0.2, -0.15) is 0 Å². The van der Waals surface area contributed by atoms with Crippen molar-refractivity contribution in [2.75, 3.05) is 12.0 Å². The quantitative estimate of drug-likeness (QED) is 0.784. The molecule has 0 bridgehead atoms. The minimum Gasteiger partial charge on any atom is -0.351 e. The Morgan fingerprint density at radius 1 is 1.50 bits per heavy atom. The van der Waals surface area contributed by atoms with Crippen LogP contribution in [0.2, 0.25) is 0 Å². The van der Waals surface area contributed by atoms with Gasteiger partial charge in [-0.1, -0.05) is 15.9 Å². The summed E-state index contributed by atoms with van der Waals surface area (Å²) < 4.78 is 35.7. The maximum absolute atomic E-state index is 13.1. The summed E-state index contributed by atoms with van der Waals surface area (Å²) in [4.78, 5) is 11.7. The van der Waals surface area contributed by atoms with Crippen LogP contribution in [-0.2, 0) is 21.2 Å². The van der Waals surface area contributed by atoms with Gasteiger partial charge in [-0.25, -0.2) is 12.8 Å². The number of hydrogen-bond acceptors (Lipinski definition) is 4. The molecule has 0 heterocycles. The molecule has 1 aromatic carbocycles. The first-order chi connectivity index (χ1) is 9.19. The molecule has 5 nitrogen and oxygen atoms in total. The molecule has 112 valence electrons. The Morgan fingerprint density at radius 3 is 2.75 bits per heavy atom. The lowest BCUT2D eigenvalue weighted by Gasteiger charge is -2.12. The van der Waals surface area contributed by atoms with Gasteiger partial charge in [0.15, 0.2) is 0 Å². The number of carbonyl (C=O) groups excluding carboxylic acids is 1. The van der Waals surface area contributed by atoms with E-state index in [1.54, 1.807) is 6.07 Å². The number of sulfone groups is 1. The summed E-state index contributed by atoms with van der Waals surface area (Å²) in [6.07, 6.45) is 1.14. The number of hydrogen-bond donors (Lipinski definition) is 2. The highest BCUT2D eigenvalue weighted by Crippen LogP contribution is 2.17. The molecule has 0 saturated heterocycles. The molecule has 0 radical (unpaired) electrons. The van der Waals surface area contributed by atoms with E-state index in [1.807, 2.05) is 0 Å². The number of nitrogens with two attached hydrogens (primary N) is 1. The van der Waals surface area contributed by atoms with Crippen molar-refractivity contribution in [2.45, 2.75) is 19.0 Å². The lowest BCUT2D eigenvalue weighted by Crippen LogP contribution is -2.41. The third-order valence-corrected chi connectivity index (χ3v) is 4.35. The highest BCUT2D eigenvalue weighted by Gasteiger charge is 2.16. The van der Waals surface area contributed by atoms with Crippen LogP contribution >= 0.6 is 15.9 Å². The van der Waals surface area contributed by atoms with Crippen LogP contribution in [0.3, 0.4) is 0 Å². The molecule has 0 aliphatic heterocycles. The second-order valence-corrected chi connectivity index (χ2v) is 7.59. The second kappa shape index (κ2) is 7.14. The molecular formula is C12H16BrFN2O3S. The smallest absolute Gasteiger partial charge is 0.237 e. The average Bonchev–Trinajstić information content (AvgIpc) is 2.35. The molecule has 0 spiro atoms. The van der Waals surface area contributed by atoms with E-state index in [4.69, 9.17) is 5.73 Å². The van der Waals surface area contributed by atoms with Crippen molar-refractivity contribution in [1.29, 1.82) is 0 Å². The Balaban J connectivity index is 2.52. The molecule has 1 amide bonds. The zero-order valence-corrected chi connectivity index (χ0v) is 13.3. The third-order valence-electron chi connectivity index (χ3n) is 2.60. The molecule has 0 aliphatic carbocycles. The van der Waals surface area contributed by atoms with E-state index in [2.05, 4.69) is 21.2 Å². The fraction of sp³-hybridized carbons (Fsp3) is 0.417. The van der Waals surface area contributed by atoms with Gasteiger partial charge in [0.1, 0.15) is 15.7 Å². The minimum absolute atomic E-state index is 0.0506. The lowest BCUT2D eigenvalue weighted by atomic mass is 10.2. The second-order valence-electron chi connectivity index (χ2n) is 4.48. The van der Waals surface area contributed by atoms with Gasteiger partial charge < -0.3 is 11.1 Å². The maximum atomic E-state index is 13.1. The predicted octanol–water partition coefficient (Wildman–Crippen LogP) is 0.966. The normalized spacial score (nSPS) is 13.0. The van der Waals surface area contributed by atoms with Crippen molar-refractivity contribution >= 4 is 31.7 Å². The Kier molecular flexibility index (Phi) is 6.09. The average molecular weight is 367 g/mol. The topological polar surface area (TPSA) is 89.3 Å². The number of amides is 1. The van der Waals surface area contributed by atoms with Gasteiger partial charge in [-0.3, -0.25) is 4.79 Å². The fourth-order valence-corrected chi connectivity index (χ4v) is 2.53. The zero-order valence-electron chi connectivity index (χ0n) is 10.9. The van der Waals surface area contributed by atoms with Crippen molar-refractivity contribution in [3.8, 4) is 0 Å². The van der Waals surface area contributed by atoms with Crippen LogP contribution in [0.15, 0.2) is 22.7 Å². The number of benzene rings is 1. The Hall–Kier alpha value is -0.990. The first kappa shape index (κ1) is 17.1. The van der Waals surface area contributed by atoms with Gasteiger partial charge in [0.05, 0.1) is 11.8 Å². The number of nitrogens with one attached hydrogen (secondary N) is 1. The van der Waals surface area contributed by atoms with Crippen LogP contribution in [0.25, 0.3) is 0 Å². The standard InChI is InChI=1S/C12H16BrFN2O3S/c1-20(18,19)5-4-11(15)12(17)16-7-8-6-9(14)2-3-10(8)13/h2-3,6,11H,4-5,7,15H2,1H3,(H,16,17). The molecule has 1 aromatic rings. The number of halogens is 2. The van der Waals surface area contributed by atoms with E-state index in [0.717, 1.165) is 6.26 Å². The first-order valence-corrected chi connectivity index (χ1v) is 8.69. The summed E-state index contributed by atoms with van der Waals surface area (Å²) in [5.41, 5.74) is 6.17. The van der Waals surface area contributed by atoms with Crippen molar-refractivity contribution in [1.82, 2.24) is 5.32 Å². The zero-order chi connectivity index (χ0) is 15.3. The molecule has 3 N–H and O–H groups in total. The van der Waals surface area contributed by atoms with Gasteiger partial charge >= 0.3 is 0 Å². The van der Waals surface area contributed by atoms with Crippen LogP contribution in [0.5, 0.6) is 0 Å². The Labute approximate surface area is 125 Å². The molecule has 0 saturated carbocycles. The van der Waals surface area contributed by atoms with Gasteiger partial charge in [0.25, 0.3) is 0 Å². The highest BCUT2D eigenvalue weighted by atomic mass is 79.9. The monoisotopic (exact) mass is 366 g/mol. The summed E-state index contributed by atoms with van der Waals surface area (Å²) in [6, 6.07) is 3.23.